The molecule has 3 aromatic rings. The first-order valence-corrected chi connectivity index (χ1v) is 8.25. The molecule has 148 valence electrons. The van der Waals surface area contributed by atoms with Gasteiger partial charge < -0.3 is 9.47 Å². The molecule has 0 bridgehead atoms. The Morgan fingerprint density at radius 1 is 1.10 bits per heavy atom. The molecule has 0 aliphatic carbocycles. The molecular formula is C18H15F2N7O2. The van der Waals surface area contributed by atoms with Crippen LogP contribution in [0.3, 0.4) is 0 Å². The Hall–Kier alpha value is -3.89. The van der Waals surface area contributed by atoms with Crippen LogP contribution in [0, 0.1) is 5.53 Å². The molecule has 0 aromatic carbocycles. The van der Waals surface area contributed by atoms with E-state index in [0.29, 0.717) is 11.3 Å². The Labute approximate surface area is 164 Å². The number of aromatic nitrogens is 5. The summed E-state index contributed by atoms with van der Waals surface area (Å²) in [4.78, 5) is 11.9. The van der Waals surface area contributed by atoms with E-state index in [0.717, 1.165) is 6.20 Å². The highest BCUT2D eigenvalue weighted by atomic mass is 19.3. The minimum absolute atomic E-state index is 0.0374. The summed E-state index contributed by atoms with van der Waals surface area (Å²) < 4.78 is 35.5. The first-order chi connectivity index (χ1) is 14.1. The number of pyridine rings is 1. The van der Waals surface area contributed by atoms with Crippen LogP contribution in [0.25, 0.3) is 17.0 Å². The van der Waals surface area contributed by atoms with E-state index in [1.54, 1.807) is 24.5 Å². The number of alkyl halides is 2. The third kappa shape index (κ3) is 5.09. The van der Waals surface area contributed by atoms with Gasteiger partial charge in [-0.05, 0) is 24.3 Å². The fraction of sp³-hybridized carbons (Fsp3) is 0.167. The van der Waals surface area contributed by atoms with E-state index in [4.69, 9.17) is 15.0 Å². The fourth-order valence-electron chi connectivity index (χ4n) is 2.20. The average Bonchev–Trinajstić information content (AvgIpc) is 2.77. The molecule has 0 spiro atoms. The number of nitrogens with one attached hydrogen (secondary N) is 1. The van der Waals surface area contributed by atoms with Crippen LogP contribution < -0.4 is 9.47 Å². The van der Waals surface area contributed by atoms with E-state index in [1.807, 2.05) is 0 Å². The summed E-state index contributed by atoms with van der Waals surface area (Å²) in [6, 6.07) is 6.17. The number of halogens is 2. The molecule has 3 rings (SSSR count). The van der Waals surface area contributed by atoms with Gasteiger partial charge in [-0.15, -0.1) is 10.2 Å². The molecule has 0 fully saturated rings. The lowest BCUT2D eigenvalue weighted by Gasteiger charge is -2.05. The van der Waals surface area contributed by atoms with Crippen LogP contribution in [0.2, 0.25) is 0 Å². The molecule has 0 aliphatic heterocycles. The minimum atomic E-state index is -2.61. The van der Waals surface area contributed by atoms with Crippen LogP contribution in [0.1, 0.15) is 17.7 Å². The zero-order valence-electron chi connectivity index (χ0n) is 15.2. The summed E-state index contributed by atoms with van der Waals surface area (Å²) >= 11 is 0. The van der Waals surface area contributed by atoms with Crippen molar-refractivity contribution in [3.8, 4) is 23.1 Å². The van der Waals surface area contributed by atoms with Gasteiger partial charge in [0.2, 0.25) is 5.88 Å². The third-order valence-electron chi connectivity index (χ3n) is 3.68. The van der Waals surface area contributed by atoms with Gasteiger partial charge in [0.05, 0.1) is 18.5 Å². The summed E-state index contributed by atoms with van der Waals surface area (Å²) in [6.45, 7) is 0.0374. The maximum Gasteiger partial charge on any atom is 0.316 e. The number of hydrogen-bond donors (Lipinski definition) is 1. The van der Waals surface area contributed by atoms with Crippen LogP contribution in [0.4, 0.5) is 8.78 Å². The number of rotatable bonds is 8. The van der Waals surface area contributed by atoms with E-state index in [-0.39, 0.29) is 35.5 Å². The van der Waals surface area contributed by atoms with Crippen molar-refractivity contribution in [3.63, 3.8) is 0 Å². The Morgan fingerprint density at radius 2 is 1.90 bits per heavy atom. The maximum atomic E-state index is 12.6. The van der Waals surface area contributed by atoms with Crippen molar-refractivity contribution >= 4 is 5.70 Å². The Morgan fingerprint density at radius 3 is 2.45 bits per heavy atom. The second-order valence-corrected chi connectivity index (χ2v) is 5.50. The van der Waals surface area contributed by atoms with Gasteiger partial charge in [-0.3, -0.25) is 4.98 Å². The van der Waals surface area contributed by atoms with Crippen molar-refractivity contribution in [2.75, 3.05) is 13.7 Å². The van der Waals surface area contributed by atoms with Crippen molar-refractivity contribution in [2.24, 2.45) is 5.11 Å². The van der Waals surface area contributed by atoms with Gasteiger partial charge in [0, 0.05) is 35.8 Å². The highest BCUT2D eigenvalue weighted by Crippen LogP contribution is 2.21. The molecule has 3 heterocycles. The number of nitrogens with zero attached hydrogens (tertiary/aromatic N) is 6. The first kappa shape index (κ1) is 19.9. The van der Waals surface area contributed by atoms with Gasteiger partial charge >= 0.3 is 6.01 Å². The van der Waals surface area contributed by atoms with Crippen LogP contribution in [-0.2, 0) is 0 Å². The zero-order valence-corrected chi connectivity index (χ0v) is 15.2. The first-order valence-electron chi connectivity index (χ1n) is 8.25. The molecular weight excluding hydrogens is 384 g/mol. The molecule has 1 N–H and O–H groups in total. The molecule has 0 amide bonds. The number of methoxy groups -OCH3 is 1. The topological polar surface area (TPSA) is 119 Å². The van der Waals surface area contributed by atoms with E-state index < -0.39 is 6.43 Å². The summed E-state index contributed by atoms with van der Waals surface area (Å²) in [5.74, 6) is 0.254. The van der Waals surface area contributed by atoms with E-state index >= 15 is 0 Å². The fourth-order valence-corrected chi connectivity index (χ4v) is 2.20. The van der Waals surface area contributed by atoms with Crippen LogP contribution in [0.5, 0.6) is 11.9 Å². The highest BCUT2D eigenvalue weighted by Gasteiger charge is 2.09. The standard InChI is InChI=1S/C18H15F2N7O2/c1-28-18-23-9-12(10-24-18)13-4-5-16(27-26-13)29-7-6-15(25-21)14-3-2-11(8-22-14)17(19)20/h2-6,8-10,17,21H,7H2,1H3/b15-6+,25-21?. The Kier molecular flexibility index (Phi) is 6.40. The summed E-state index contributed by atoms with van der Waals surface area (Å²) in [7, 11) is 1.48. The molecule has 9 nitrogen and oxygen atoms in total. The van der Waals surface area contributed by atoms with Crippen LogP contribution >= 0.6 is 0 Å². The van der Waals surface area contributed by atoms with Crippen molar-refractivity contribution in [1.29, 1.82) is 5.53 Å². The van der Waals surface area contributed by atoms with Gasteiger partial charge in [-0.25, -0.2) is 24.3 Å². The molecule has 11 heteroatoms. The smallest absolute Gasteiger partial charge is 0.316 e. The van der Waals surface area contributed by atoms with E-state index in [2.05, 4.69) is 30.3 Å². The monoisotopic (exact) mass is 399 g/mol. The van der Waals surface area contributed by atoms with Crippen molar-refractivity contribution in [2.45, 2.75) is 6.43 Å². The molecule has 3 aromatic heterocycles. The molecule has 29 heavy (non-hydrogen) atoms. The lowest BCUT2D eigenvalue weighted by molar-refractivity contribution is 0.151. The van der Waals surface area contributed by atoms with E-state index in [9.17, 15) is 8.78 Å². The van der Waals surface area contributed by atoms with Crippen molar-refractivity contribution < 1.29 is 18.3 Å². The molecule has 0 aliphatic rings. The number of ether oxygens (including phenoxy) is 2. The van der Waals surface area contributed by atoms with Gasteiger partial charge in [0.25, 0.3) is 6.43 Å². The second-order valence-electron chi connectivity index (χ2n) is 5.50. The predicted octanol–water partition coefficient (Wildman–Crippen LogP) is 3.73. The molecule has 0 unspecified atom stereocenters. The Bertz CT molecular complexity index is 979. The third-order valence-corrected chi connectivity index (χ3v) is 3.68. The highest BCUT2D eigenvalue weighted by molar-refractivity contribution is 5.60. The van der Waals surface area contributed by atoms with Gasteiger partial charge in [-0.2, -0.15) is 5.11 Å². The number of hydrogen-bond acceptors (Lipinski definition) is 9. The summed E-state index contributed by atoms with van der Waals surface area (Å²) in [6.07, 6.45) is 3.06. The lowest BCUT2D eigenvalue weighted by atomic mass is 10.2. The quantitative estimate of drug-likeness (QED) is 0.573. The summed E-state index contributed by atoms with van der Waals surface area (Å²) in [5.41, 5.74) is 8.73. The maximum absolute atomic E-state index is 12.6. The predicted molar refractivity (Wildman–Crippen MR) is 97.4 cm³/mol. The minimum Gasteiger partial charge on any atom is -0.472 e. The second kappa shape index (κ2) is 9.35. The largest absolute Gasteiger partial charge is 0.472 e. The molecule has 0 radical (unpaired) electrons. The van der Waals surface area contributed by atoms with Crippen molar-refractivity contribution in [3.05, 3.63) is 60.2 Å². The normalized spacial score (nSPS) is 11.4. The molecule has 0 atom stereocenters. The van der Waals surface area contributed by atoms with Gasteiger partial charge in [0.1, 0.15) is 12.3 Å². The Balaban J connectivity index is 1.63. The van der Waals surface area contributed by atoms with E-state index in [1.165, 1.54) is 25.3 Å². The zero-order chi connectivity index (χ0) is 20.6. The average molecular weight is 399 g/mol. The van der Waals surface area contributed by atoms with Crippen molar-refractivity contribution in [1.82, 2.24) is 25.1 Å². The lowest BCUT2D eigenvalue weighted by Crippen LogP contribution is -2.00. The van der Waals surface area contributed by atoms with Gasteiger partial charge in [-0.1, -0.05) is 0 Å². The SMILES string of the molecule is COc1ncc(-c2ccc(OC/C=C(/N=N)c3ccc(C(F)F)cn3)nn2)cn1. The van der Waals surface area contributed by atoms with Crippen LogP contribution in [-0.4, -0.2) is 38.9 Å². The van der Waals surface area contributed by atoms with Gasteiger partial charge in [0.15, 0.2) is 0 Å². The molecule has 0 saturated carbocycles. The summed E-state index contributed by atoms with van der Waals surface area (Å²) in [5, 5.41) is 11.4. The van der Waals surface area contributed by atoms with Crippen LogP contribution in [0.15, 0.2) is 54.0 Å². The molecule has 0 saturated heterocycles.